The summed E-state index contributed by atoms with van der Waals surface area (Å²) in [4.78, 5) is 0. The van der Waals surface area contributed by atoms with E-state index < -0.39 is 0 Å². The van der Waals surface area contributed by atoms with Crippen molar-refractivity contribution in [3.8, 4) is 6.07 Å². The molecule has 0 heterocycles. The summed E-state index contributed by atoms with van der Waals surface area (Å²) in [7, 11) is 0. The van der Waals surface area contributed by atoms with Crippen LogP contribution in [-0.4, -0.2) is 6.04 Å². The van der Waals surface area contributed by atoms with Crippen molar-refractivity contribution in [2.45, 2.75) is 53.0 Å². The van der Waals surface area contributed by atoms with Crippen LogP contribution in [0.15, 0.2) is 12.1 Å². The second-order valence-corrected chi connectivity index (χ2v) is 7.55. The van der Waals surface area contributed by atoms with Gasteiger partial charge in [-0.2, -0.15) is 5.26 Å². The van der Waals surface area contributed by atoms with Crippen LogP contribution >= 0.6 is 0 Å². The molecule has 0 aliphatic heterocycles. The molecule has 112 valence electrons. The van der Waals surface area contributed by atoms with Gasteiger partial charge in [-0.1, -0.05) is 20.8 Å². The van der Waals surface area contributed by atoms with Crippen molar-refractivity contribution in [3.05, 3.63) is 29.1 Å². The molecular formula is C18H23FN2. The van der Waals surface area contributed by atoms with Crippen molar-refractivity contribution in [2.24, 2.45) is 16.7 Å². The molecule has 0 spiro atoms. The molecule has 2 aliphatic rings. The van der Waals surface area contributed by atoms with Gasteiger partial charge in [0.25, 0.3) is 0 Å². The Balaban J connectivity index is 1.93. The Morgan fingerprint density at radius 1 is 1.33 bits per heavy atom. The molecule has 3 rings (SSSR count). The maximum Gasteiger partial charge on any atom is 0.129 e. The molecule has 1 aromatic rings. The normalized spacial score (nSPS) is 33.0. The first-order chi connectivity index (χ1) is 9.79. The zero-order valence-electron chi connectivity index (χ0n) is 13.3. The SMILES string of the molecule is Cc1c(F)cc(C#N)cc1NC1CC2CCC1(C)C2(C)C. The quantitative estimate of drug-likeness (QED) is 0.860. The molecule has 2 saturated carbocycles. The van der Waals surface area contributed by atoms with Gasteiger partial charge in [0.05, 0.1) is 11.6 Å². The minimum absolute atomic E-state index is 0.239. The van der Waals surface area contributed by atoms with Gasteiger partial charge in [0.15, 0.2) is 0 Å². The average molecular weight is 286 g/mol. The van der Waals surface area contributed by atoms with Gasteiger partial charge >= 0.3 is 0 Å². The van der Waals surface area contributed by atoms with Crippen molar-refractivity contribution in [1.82, 2.24) is 0 Å². The zero-order valence-corrected chi connectivity index (χ0v) is 13.3. The maximum atomic E-state index is 13.9. The molecule has 0 radical (unpaired) electrons. The number of nitrogens with one attached hydrogen (secondary N) is 1. The predicted molar refractivity (Wildman–Crippen MR) is 82.5 cm³/mol. The van der Waals surface area contributed by atoms with Crippen LogP contribution in [-0.2, 0) is 0 Å². The monoisotopic (exact) mass is 286 g/mol. The van der Waals surface area contributed by atoms with Crippen LogP contribution in [0.1, 0.15) is 51.2 Å². The summed E-state index contributed by atoms with van der Waals surface area (Å²) in [6.45, 7) is 8.87. The minimum Gasteiger partial charge on any atom is -0.381 e. The van der Waals surface area contributed by atoms with Gasteiger partial charge in [0.2, 0.25) is 0 Å². The molecule has 0 saturated heterocycles. The second kappa shape index (κ2) is 4.47. The molecule has 0 amide bonds. The highest BCUT2D eigenvalue weighted by Gasteiger charge is 2.61. The van der Waals surface area contributed by atoms with E-state index in [1.165, 1.54) is 18.9 Å². The number of rotatable bonds is 2. The molecule has 0 aromatic heterocycles. The summed E-state index contributed by atoms with van der Waals surface area (Å²) in [5.41, 5.74) is 2.33. The van der Waals surface area contributed by atoms with E-state index in [1.54, 1.807) is 13.0 Å². The third kappa shape index (κ3) is 1.88. The third-order valence-corrected chi connectivity index (χ3v) is 6.60. The van der Waals surface area contributed by atoms with E-state index in [0.717, 1.165) is 18.0 Å². The van der Waals surface area contributed by atoms with Crippen LogP contribution in [0.25, 0.3) is 0 Å². The Hall–Kier alpha value is -1.56. The Labute approximate surface area is 126 Å². The lowest BCUT2D eigenvalue weighted by molar-refractivity contribution is 0.142. The fourth-order valence-electron chi connectivity index (χ4n) is 4.50. The minimum atomic E-state index is -0.302. The third-order valence-electron chi connectivity index (χ3n) is 6.60. The van der Waals surface area contributed by atoms with Crippen molar-refractivity contribution in [2.75, 3.05) is 5.32 Å². The van der Waals surface area contributed by atoms with Gasteiger partial charge in [0, 0.05) is 17.3 Å². The topological polar surface area (TPSA) is 35.8 Å². The number of nitriles is 1. The lowest BCUT2D eigenvalue weighted by atomic mass is 9.69. The fraction of sp³-hybridized carbons (Fsp3) is 0.611. The number of nitrogens with zero attached hydrogens (tertiary/aromatic N) is 1. The van der Waals surface area contributed by atoms with Gasteiger partial charge < -0.3 is 5.32 Å². The molecule has 2 fully saturated rings. The number of hydrogen-bond acceptors (Lipinski definition) is 2. The first-order valence-electron chi connectivity index (χ1n) is 7.76. The number of anilines is 1. The highest BCUT2D eigenvalue weighted by molar-refractivity contribution is 5.57. The molecule has 21 heavy (non-hydrogen) atoms. The highest BCUT2D eigenvalue weighted by atomic mass is 19.1. The van der Waals surface area contributed by atoms with Crippen LogP contribution in [0.4, 0.5) is 10.1 Å². The summed E-state index contributed by atoms with van der Waals surface area (Å²) in [6.07, 6.45) is 3.66. The van der Waals surface area contributed by atoms with Crippen molar-refractivity contribution in [3.63, 3.8) is 0 Å². The van der Waals surface area contributed by atoms with Crippen LogP contribution in [0.5, 0.6) is 0 Å². The first-order valence-corrected chi connectivity index (χ1v) is 7.76. The summed E-state index contributed by atoms with van der Waals surface area (Å²) in [6, 6.07) is 5.49. The Kier molecular flexibility index (Phi) is 3.06. The Morgan fingerprint density at radius 3 is 2.57 bits per heavy atom. The smallest absolute Gasteiger partial charge is 0.129 e. The van der Waals surface area contributed by atoms with E-state index in [0.29, 0.717) is 22.6 Å². The van der Waals surface area contributed by atoms with Crippen molar-refractivity contribution >= 4 is 5.69 Å². The average Bonchev–Trinajstić information content (AvgIpc) is 2.76. The van der Waals surface area contributed by atoms with Crippen molar-refractivity contribution < 1.29 is 4.39 Å². The Morgan fingerprint density at radius 2 is 2.05 bits per heavy atom. The van der Waals surface area contributed by atoms with Gasteiger partial charge in [-0.3, -0.25) is 0 Å². The summed E-state index contributed by atoms with van der Waals surface area (Å²) in [5.74, 6) is 0.438. The second-order valence-electron chi connectivity index (χ2n) is 7.55. The predicted octanol–water partition coefficient (Wildman–Crippen LogP) is 4.63. The van der Waals surface area contributed by atoms with Crippen LogP contribution in [0.3, 0.4) is 0 Å². The van der Waals surface area contributed by atoms with Gasteiger partial charge in [-0.25, -0.2) is 4.39 Å². The summed E-state index contributed by atoms with van der Waals surface area (Å²) >= 11 is 0. The van der Waals surface area contributed by atoms with E-state index in [1.807, 2.05) is 6.07 Å². The fourth-order valence-corrected chi connectivity index (χ4v) is 4.50. The van der Waals surface area contributed by atoms with E-state index in [9.17, 15) is 4.39 Å². The molecule has 1 aromatic carbocycles. The van der Waals surface area contributed by atoms with E-state index in [2.05, 4.69) is 26.1 Å². The molecule has 2 nitrogen and oxygen atoms in total. The lowest BCUT2D eigenvalue weighted by Gasteiger charge is -2.40. The Bertz CT molecular complexity index is 629. The molecule has 3 atom stereocenters. The summed E-state index contributed by atoms with van der Waals surface area (Å²) < 4.78 is 13.9. The van der Waals surface area contributed by atoms with Gasteiger partial charge in [-0.05, 0) is 55.1 Å². The van der Waals surface area contributed by atoms with Crippen LogP contribution in [0, 0.1) is 40.8 Å². The van der Waals surface area contributed by atoms with E-state index in [-0.39, 0.29) is 11.2 Å². The number of fused-ring (bicyclic) bond motifs is 2. The summed E-state index contributed by atoms with van der Waals surface area (Å²) in [5, 5.41) is 12.6. The van der Waals surface area contributed by atoms with Crippen LogP contribution < -0.4 is 5.32 Å². The largest absolute Gasteiger partial charge is 0.381 e. The van der Waals surface area contributed by atoms with Crippen molar-refractivity contribution in [1.29, 1.82) is 5.26 Å². The zero-order chi connectivity index (χ0) is 15.4. The molecular weight excluding hydrogens is 263 g/mol. The van der Waals surface area contributed by atoms with E-state index >= 15 is 0 Å². The van der Waals surface area contributed by atoms with Gasteiger partial charge in [-0.15, -0.1) is 0 Å². The molecule has 3 heteroatoms. The molecule has 2 bridgehead atoms. The molecule has 2 aliphatic carbocycles. The number of benzene rings is 1. The first kappa shape index (κ1) is 14.4. The lowest BCUT2D eigenvalue weighted by Crippen LogP contribution is -2.40. The van der Waals surface area contributed by atoms with Crippen LogP contribution in [0.2, 0.25) is 0 Å². The number of hydrogen-bond donors (Lipinski definition) is 1. The van der Waals surface area contributed by atoms with Gasteiger partial charge in [0.1, 0.15) is 5.82 Å². The standard InChI is InChI=1S/C18H23FN2/c1-11-14(19)7-12(10-20)8-15(11)21-16-9-13-5-6-18(16,4)17(13,2)3/h7-8,13,16,21H,5-6,9H2,1-4H3. The molecule has 1 N–H and O–H groups in total. The number of halogens is 1. The maximum absolute atomic E-state index is 13.9. The van der Waals surface area contributed by atoms with E-state index in [4.69, 9.17) is 5.26 Å². The highest BCUT2D eigenvalue weighted by Crippen LogP contribution is 2.65. The molecule has 3 unspecified atom stereocenters.